The molecule has 0 rings (SSSR count). The Morgan fingerprint density at radius 2 is 2.38 bits per heavy atom. The molecule has 0 fully saturated rings. The Labute approximate surface area is 57.9 Å². The molecule has 0 amide bonds. The van der Waals surface area contributed by atoms with Crippen molar-refractivity contribution < 1.29 is 0 Å². The van der Waals surface area contributed by atoms with Gasteiger partial charge in [0.1, 0.15) is 0 Å². The van der Waals surface area contributed by atoms with E-state index < -0.39 is 0 Å². The molecule has 0 bridgehead atoms. The molecule has 8 heavy (non-hydrogen) atoms. The van der Waals surface area contributed by atoms with Crippen LogP contribution in [0.5, 0.6) is 0 Å². The van der Waals surface area contributed by atoms with Gasteiger partial charge in [-0.1, -0.05) is 12.2 Å². The van der Waals surface area contributed by atoms with Crippen molar-refractivity contribution >= 4 is 22.6 Å². The molecular weight excluding hydrogens is 166 g/mol. The summed E-state index contributed by atoms with van der Waals surface area (Å²) in [7, 11) is 0. The maximum atomic E-state index is 3.54. The van der Waals surface area contributed by atoms with Crippen molar-refractivity contribution in [2.75, 3.05) is 0 Å². The molecule has 44 valence electrons. The normalized spacial score (nSPS) is 12.5. The third kappa shape index (κ3) is 3.81. The van der Waals surface area contributed by atoms with Gasteiger partial charge in [0.15, 0.2) is 0 Å². The van der Waals surface area contributed by atoms with Crippen molar-refractivity contribution in [2.24, 2.45) is 4.99 Å². The van der Waals surface area contributed by atoms with Gasteiger partial charge in [0.2, 0.25) is 0 Å². The lowest BCUT2D eigenvalue weighted by molar-refractivity contribution is 1.59. The standard InChI is InChI=1S/C6H8BrN/c1-3-4-6(7)5-8-2/h3-5H,2H2,1H3/b4-3-,6-5+. The summed E-state index contributed by atoms with van der Waals surface area (Å²) < 4.78 is 0.940. The van der Waals surface area contributed by atoms with E-state index in [-0.39, 0.29) is 0 Å². The van der Waals surface area contributed by atoms with Crippen molar-refractivity contribution in [3.05, 3.63) is 22.8 Å². The average molecular weight is 174 g/mol. The van der Waals surface area contributed by atoms with Crippen LogP contribution < -0.4 is 0 Å². The molecule has 0 aromatic rings. The van der Waals surface area contributed by atoms with Crippen LogP contribution in [0.4, 0.5) is 0 Å². The van der Waals surface area contributed by atoms with Crippen molar-refractivity contribution in [3.8, 4) is 0 Å². The first-order chi connectivity index (χ1) is 3.81. The van der Waals surface area contributed by atoms with E-state index in [0.717, 1.165) is 4.48 Å². The molecule has 0 heterocycles. The van der Waals surface area contributed by atoms with Gasteiger partial charge >= 0.3 is 0 Å². The predicted molar refractivity (Wildman–Crippen MR) is 41.4 cm³/mol. The number of hydrogen-bond donors (Lipinski definition) is 0. The number of aliphatic imine (C=N–C) groups is 1. The maximum absolute atomic E-state index is 3.54. The largest absolute Gasteiger partial charge is 0.271 e. The van der Waals surface area contributed by atoms with Gasteiger partial charge in [0.25, 0.3) is 0 Å². The molecule has 2 heteroatoms. The van der Waals surface area contributed by atoms with Crippen LogP contribution in [0.15, 0.2) is 27.8 Å². The molecule has 0 aromatic carbocycles. The second-order valence-corrected chi connectivity index (χ2v) is 2.11. The van der Waals surface area contributed by atoms with Gasteiger partial charge < -0.3 is 0 Å². The molecule has 0 N–H and O–H groups in total. The Kier molecular flexibility index (Phi) is 4.56. The molecule has 0 atom stereocenters. The van der Waals surface area contributed by atoms with Crippen molar-refractivity contribution in [1.82, 2.24) is 0 Å². The lowest BCUT2D eigenvalue weighted by Gasteiger charge is -1.79. The zero-order valence-corrected chi connectivity index (χ0v) is 6.35. The van der Waals surface area contributed by atoms with Crippen LogP contribution in [0.3, 0.4) is 0 Å². The highest BCUT2D eigenvalue weighted by atomic mass is 79.9. The SMILES string of the molecule is C=N/C=C(Br)\C=C/C. The zero-order chi connectivity index (χ0) is 6.41. The minimum atomic E-state index is 0.940. The lowest BCUT2D eigenvalue weighted by atomic mass is 10.5. The van der Waals surface area contributed by atoms with Crippen LogP contribution in [0.1, 0.15) is 6.92 Å². The van der Waals surface area contributed by atoms with Crippen LogP contribution in [0.2, 0.25) is 0 Å². The number of rotatable bonds is 2. The van der Waals surface area contributed by atoms with E-state index in [9.17, 15) is 0 Å². The highest BCUT2D eigenvalue weighted by molar-refractivity contribution is 9.11. The maximum Gasteiger partial charge on any atom is 0.0402 e. The van der Waals surface area contributed by atoms with Gasteiger partial charge in [-0.15, -0.1) is 0 Å². The molecule has 0 aliphatic heterocycles. The van der Waals surface area contributed by atoms with Gasteiger partial charge in [0.05, 0.1) is 0 Å². The lowest BCUT2D eigenvalue weighted by Crippen LogP contribution is -1.56. The fraction of sp³-hybridized carbons (Fsp3) is 0.167. The summed E-state index contributed by atoms with van der Waals surface area (Å²) in [4.78, 5) is 3.54. The van der Waals surface area contributed by atoms with Crippen LogP contribution >= 0.6 is 15.9 Å². The number of nitrogens with zero attached hydrogens (tertiary/aromatic N) is 1. The summed E-state index contributed by atoms with van der Waals surface area (Å²) in [5.74, 6) is 0. The predicted octanol–water partition coefficient (Wildman–Crippen LogP) is 2.50. The number of hydrogen-bond acceptors (Lipinski definition) is 1. The van der Waals surface area contributed by atoms with E-state index >= 15 is 0 Å². The molecule has 0 aliphatic carbocycles. The number of allylic oxidation sites excluding steroid dienone is 3. The zero-order valence-electron chi connectivity index (χ0n) is 4.76. The van der Waals surface area contributed by atoms with Crippen LogP contribution in [0.25, 0.3) is 0 Å². The topological polar surface area (TPSA) is 12.4 Å². The van der Waals surface area contributed by atoms with Gasteiger partial charge in [-0.3, -0.25) is 4.99 Å². The minimum Gasteiger partial charge on any atom is -0.271 e. The Morgan fingerprint density at radius 1 is 1.75 bits per heavy atom. The molecule has 0 aliphatic rings. The fourth-order valence-corrected chi connectivity index (χ4v) is 0.699. The minimum absolute atomic E-state index is 0.940. The van der Waals surface area contributed by atoms with Crippen molar-refractivity contribution in [3.63, 3.8) is 0 Å². The average Bonchev–Trinajstić information content (AvgIpc) is 1.68. The van der Waals surface area contributed by atoms with Crippen molar-refractivity contribution in [2.45, 2.75) is 6.92 Å². The van der Waals surface area contributed by atoms with Gasteiger partial charge in [-0.05, 0) is 29.6 Å². The Morgan fingerprint density at radius 3 is 2.75 bits per heavy atom. The number of halogens is 1. The second-order valence-electron chi connectivity index (χ2n) is 1.20. The molecule has 0 unspecified atom stereocenters. The van der Waals surface area contributed by atoms with E-state index in [0.29, 0.717) is 0 Å². The summed E-state index contributed by atoms with van der Waals surface area (Å²) >= 11 is 3.24. The van der Waals surface area contributed by atoms with E-state index in [2.05, 4.69) is 27.6 Å². The molecule has 0 radical (unpaired) electrons. The summed E-state index contributed by atoms with van der Waals surface area (Å²) in [6, 6.07) is 0. The molecular formula is C6H8BrN. The monoisotopic (exact) mass is 173 g/mol. The fourth-order valence-electron chi connectivity index (χ4n) is 0.289. The third-order valence-electron chi connectivity index (χ3n) is 0.541. The first kappa shape index (κ1) is 7.63. The molecule has 0 spiro atoms. The van der Waals surface area contributed by atoms with Crippen LogP contribution in [-0.2, 0) is 0 Å². The summed E-state index contributed by atoms with van der Waals surface area (Å²) in [6.07, 6.45) is 5.46. The first-order valence-electron chi connectivity index (χ1n) is 2.25. The first-order valence-corrected chi connectivity index (χ1v) is 3.04. The van der Waals surface area contributed by atoms with Gasteiger partial charge in [0, 0.05) is 10.7 Å². The Balaban J connectivity index is 3.79. The highest BCUT2D eigenvalue weighted by Gasteiger charge is 1.75. The van der Waals surface area contributed by atoms with Crippen molar-refractivity contribution in [1.29, 1.82) is 0 Å². The van der Waals surface area contributed by atoms with E-state index in [1.54, 1.807) is 6.20 Å². The molecule has 0 saturated carbocycles. The Hall–Kier alpha value is -0.370. The van der Waals surface area contributed by atoms with Crippen LogP contribution in [-0.4, -0.2) is 6.72 Å². The molecule has 0 saturated heterocycles. The second kappa shape index (κ2) is 4.78. The molecule has 0 aromatic heterocycles. The Bertz CT molecular complexity index is 124. The van der Waals surface area contributed by atoms with E-state index in [4.69, 9.17) is 0 Å². The van der Waals surface area contributed by atoms with Gasteiger partial charge in [-0.2, -0.15) is 0 Å². The smallest absolute Gasteiger partial charge is 0.0402 e. The van der Waals surface area contributed by atoms with Gasteiger partial charge in [-0.25, -0.2) is 0 Å². The summed E-state index contributed by atoms with van der Waals surface area (Å²) in [5, 5.41) is 0. The highest BCUT2D eigenvalue weighted by Crippen LogP contribution is 2.04. The quantitative estimate of drug-likeness (QED) is 0.450. The van der Waals surface area contributed by atoms with E-state index in [1.165, 1.54) is 0 Å². The third-order valence-corrected chi connectivity index (χ3v) is 1.01. The molecule has 1 nitrogen and oxygen atoms in total. The van der Waals surface area contributed by atoms with E-state index in [1.807, 2.05) is 19.1 Å². The summed E-state index contributed by atoms with van der Waals surface area (Å²) in [6.45, 7) is 5.24. The summed E-state index contributed by atoms with van der Waals surface area (Å²) in [5.41, 5.74) is 0. The van der Waals surface area contributed by atoms with Crippen LogP contribution in [0, 0.1) is 0 Å².